The third-order valence-corrected chi connectivity index (χ3v) is 15.7. The zero-order valence-corrected chi connectivity index (χ0v) is 43.6. The summed E-state index contributed by atoms with van der Waals surface area (Å²) in [5, 5.41) is 0. The molecule has 6 heteroatoms. The third-order valence-electron chi connectivity index (χ3n) is 15.7. The lowest BCUT2D eigenvalue weighted by molar-refractivity contribution is -0.928. The van der Waals surface area contributed by atoms with Crippen LogP contribution in [0.5, 0.6) is 11.5 Å². The molecule has 0 radical (unpaired) electrons. The first-order valence-electron chi connectivity index (χ1n) is 25.8. The van der Waals surface area contributed by atoms with Crippen molar-refractivity contribution < 1.29 is 27.6 Å². The number of ether oxygens (including phenoxy) is 2. The first-order chi connectivity index (χ1) is 29.1. The first-order valence-corrected chi connectivity index (χ1v) is 25.8. The van der Waals surface area contributed by atoms with E-state index >= 15 is 0 Å². The Morgan fingerprint density at radius 3 is 1.34 bits per heavy atom. The van der Waals surface area contributed by atoms with Crippen LogP contribution in [0, 0.1) is 0 Å². The number of benzene rings is 2. The minimum absolute atomic E-state index is 0.00897. The van der Waals surface area contributed by atoms with Gasteiger partial charge in [-0.2, -0.15) is 0 Å². The van der Waals surface area contributed by atoms with Gasteiger partial charge in [-0.1, -0.05) is 111 Å². The molecule has 0 aromatic heterocycles. The van der Waals surface area contributed by atoms with Crippen LogP contribution in [0.3, 0.4) is 0 Å². The molecule has 0 bridgehead atoms. The van der Waals surface area contributed by atoms with Gasteiger partial charge in [-0.25, -0.2) is 0 Å². The largest absolute Gasteiger partial charge is 0.705 e. The van der Waals surface area contributed by atoms with Gasteiger partial charge in [0, 0.05) is 33.3 Å². The molecular formula is C56H96N4O2+4. The second-order valence-electron chi connectivity index (χ2n) is 23.2. The quantitative estimate of drug-likeness (QED) is 0.0870. The van der Waals surface area contributed by atoms with Crippen molar-refractivity contribution in [1.29, 1.82) is 0 Å². The molecular weight excluding hydrogens is 761 g/mol. The fraction of sp³-hybridized carbons (Fsp3) is 0.750. The van der Waals surface area contributed by atoms with Crippen molar-refractivity contribution >= 4 is 12.4 Å². The van der Waals surface area contributed by atoms with Crippen LogP contribution in [-0.2, 0) is 17.3 Å². The summed E-state index contributed by atoms with van der Waals surface area (Å²) in [4.78, 5) is 0. The van der Waals surface area contributed by atoms with Crippen LogP contribution in [0.2, 0.25) is 0 Å². The summed E-state index contributed by atoms with van der Waals surface area (Å²) in [6.07, 6.45) is 18.3. The fourth-order valence-electron chi connectivity index (χ4n) is 12.0. The second-order valence-corrected chi connectivity index (χ2v) is 23.2. The van der Waals surface area contributed by atoms with E-state index in [1.54, 1.807) is 0 Å². The maximum Gasteiger partial charge on any atom is 0.705 e. The van der Waals surface area contributed by atoms with Crippen molar-refractivity contribution in [1.82, 2.24) is 0 Å². The van der Waals surface area contributed by atoms with Gasteiger partial charge in [0.1, 0.15) is 0 Å². The summed E-state index contributed by atoms with van der Waals surface area (Å²) in [6, 6.07) is 8.70. The lowest BCUT2D eigenvalue weighted by Crippen LogP contribution is -2.61. The third kappa shape index (κ3) is 9.78. The molecule has 6 nitrogen and oxygen atoms in total. The second kappa shape index (κ2) is 19.4. The first kappa shape index (κ1) is 50.3. The molecule has 3 aliphatic rings. The van der Waals surface area contributed by atoms with E-state index in [1.165, 1.54) is 153 Å². The van der Waals surface area contributed by atoms with Gasteiger partial charge in [0.05, 0.1) is 63.5 Å². The average Bonchev–Trinajstić information content (AvgIpc) is 3.31. The highest BCUT2D eigenvalue weighted by atomic mass is 16.7. The smallest absolute Gasteiger partial charge is 0.340 e. The lowest BCUT2D eigenvalue weighted by Gasteiger charge is -2.39. The van der Waals surface area contributed by atoms with Gasteiger partial charge in [-0.05, 0) is 116 Å². The van der Waals surface area contributed by atoms with Gasteiger partial charge in [-0.3, -0.25) is 0 Å². The van der Waals surface area contributed by atoms with Crippen molar-refractivity contribution in [2.75, 3.05) is 52.4 Å². The van der Waals surface area contributed by atoms with Crippen molar-refractivity contribution in [3.63, 3.8) is 0 Å². The minimum atomic E-state index is -1.14. The Morgan fingerprint density at radius 1 is 0.532 bits per heavy atom. The monoisotopic (exact) mass is 857 g/mol. The van der Waals surface area contributed by atoms with E-state index in [0.29, 0.717) is 5.92 Å². The maximum absolute atomic E-state index is 7.57. The van der Waals surface area contributed by atoms with Crippen molar-refractivity contribution in [3.8, 4) is 11.5 Å². The molecule has 5 rings (SSSR count). The summed E-state index contributed by atoms with van der Waals surface area (Å²) < 4.78 is 22.5. The molecule has 2 aromatic rings. The van der Waals surface area contributed by atoms with Crippen LogP contribution in [0.25, 0.3) is 0 Å². The Bertz CT molecular complexity index is 1840. The van der Waals surface area contributed by atoms with Gasteiger partial charge in [0.25, 0.3) is 0 Å². The number of hydrogen-bond donors (Lipinski definition) is 0. The van der Waals surface area contributed by atoms with Crippen LogP contribution in [0.4, 0.5) is 0 Å². The average molecular weight is 857 g/mol. The highest BCUT2D eigenvalue weighted by Crippen LogP contribution is 2.52. The molecule has 3 aliphatic heterocycles. The molecule has 1 saturated heterocycles. The van der Waals surface area contributed by atoms with Crippen LogP contribution < -0.4 is 9.47 Å². The Hall–Kier alpha value is -2.70. The summed E-state index contributed by atoms with van der Waals surface area (Å²) in [6.45, 7) is 50.4. The molecule has 3 heterocycles. The summed E-state index contributed by atoms with van der Waals surface area (Å²) in [5.74, 6) is 2.45. The SMILES string of the molecule is CCC[N+](CCC)(CCC)CCCC(CCC[N+](CCC)(CCC)CCC)c1cc2c(c(CC)c1)OC13Oc4c(cc(C(C)(C)C)cc4C(C)(C)C)C=[N+]1C(C)(C)C(C)(C)[N+]3=C2. The zero-order chi connectivity index (χ0) is 45.9. The summed E-state index contributed by atoms with van der Waals surface area (Å²) >= 11 is 0. The van der Waals surface area contributed by atoms with Crippen LogP contribution in [0.1, 0.15) is 221 Å². The minimum Gasteiger partial charge on any atom is -0.340 e. The van der Waals surface area contributed by atoms with Crippen molar-refractivity contribution in [3.05, 3.63) is 57.6 Å². The predicted octanol–water partition coefficient (Wildman–Crippen LogP) is 13.1. The number of rotatable bonds is 22. The van der Waals surface area contributed by atoms with E-state index in [4.69, 9.17) is 9.47 Å². The van der Waals surface area contributed by atoms with E-state index in [1.807, 2.05) is 0 Å². The molecule has 0 aliphatic carbocycles. The maximum atomic E-state index is 7.57. The predicted molar refractivity (Wildman–Crippen MR) is 265 cm³/mol. The molecule has 1 spiro atoms. The van der Waals surface area contributed by atoms with E-state index in [-0.39, 0.29) is 21.9 Å². The zero-order valence-electron chi connectivity index (χ0n) is 43.6. The molecule has 2 aromatic carbocycles. The van der Waals surface area contributed by atoms with Crippen molar-refractivity contribution in [2.24, 2.45) is 0 Å². The summed E-state index contributed by atoms with van der Waals surface area (Å²) in [5.41, 5.74) is 6.96. The molecule has 1 unspecified atom stereocenters. The molecule has 348 valence electrons. The fourth-order valence-corrected chi connectivity index (χ4v) is 12.0. The number of aryl methyl sites for hydroxylation is 1. The normalized spacial score (nSPS) is 19.3. The van der Waals surface area contributed by atoms with E-state index in [9.17, 15) is 0 Å². The van der Waals surface area contributed by atoms with Crippen molar-refractivity contribution in [2.45, 2.75) is 222 Å². The number of nitrogens with zero attached hydrogens (tertiary/aromatic N) is 4. The highest BCUT2D eigenvalue weighted by molar-refractivity contribution is 5.85. The van der Waals surface area contributed by atoms with E-state index in [2.05, 4.69) is 164 Å². The lowest BCUT2D eigenvalue weighted by atomic mass is 9.78. The van der Waals surface area contributed by atoms with Crippen LogP contribution >= 0.6 is 0 Å². The van der Waals surface area contributed by atoms with E-state index in [0.717, 1.165) is 23.5 Å². The van der Waals surface area contributed by atoms with E-state index < -0.39 is 6.03 Å². The van der Waals surface area contributed by atoms with Gasteiger partial charge >= 0.3 is 6.03 Å². The van der Waals surface area contributed by atoms with Gasteiger partial charge in [0.2, 0.25) is 11.1 Å². The van der Waals surface area contributed by atoms with Crippen LogP contribution in [0.15, 0.2) is 24.3 Å². The molecule has 1 fully saturated rings. The van der Waals surface area contributed by atoms with Gasteiger partial charge < -0.3 is 18.4 Å². The Morgan fingerprint density at radius 2 is 0.952 bits per heavy atom. The van der Waals surface area contributed by atoms with Gasteiger partial charge in [0.15, 0.2) is 23.9 Å². The molecule has 1 atom stereocenters. The molecule has 0 N–H and O–H groups in total. The standard InChI is InChI=1S/C56H96N4O2/c1-18-29-59(30-19-2,31-20-3)35-25-27-44(28-26-36-60(32-21-4,33-22-5)34-23-6)45-37-43(24-7)50-46(38-45)41-57-54(14,15)55(16,17)58-42-47-39-48(52(8,9)10)40-49(53(11,12)13)51(47)62-56(57,58)61-50/h37-42,44H,18-36H2,1-17H3/q+4. The number of hydrogen-bond acceptors (Lipinski definition) is 2. The summed E-state index contributed by atoms with van der Waals surface area (Å²) in [7, 11) is 0. The van der Waals surface area contributed by atoms with Crippen LogP contribution in [-0.4, -0.2) is 100 Å². The Labute approximate surface area is 382 Å². The Balaban J connectivity index is 1.62. The molecule has 62 heavy (non-hydrogen) atoms. The molecule has 0 saturated carbocycles. The van der Waals surface area contributed by atoms with Gasteiger partial charge in [-0.15, -0.1) is 0 Å². The Kier molecular flexibility index (Phi) is 15.7. The topological polar surface area (TPSA) is 24.5 Å². The number of quaternary nitrogens is 2. The number of fused-ring (bicyclic) bond motifs is 2. The highest BCUT2D eigenvalue weighted by Gasteiger charge is 2.83. The molecule has 0 amide bonds.